The number of aryl methyl sites for hydroxylation is 1. The molecular formula is C14H22N2OS. The number of carbonyl (C=O) groups excluding carboxylic acids is 1. The van der Waals surface area contributed by atoms with E-state index in [4.69, 9.17) is 5.73 Å². The van der Waals surface area contributed by atoms with E-state index in [1.165, 1.54) is 0 Å². The highest BCUT2D eigenvalue weighted by molar-refractivity contribution is 7.99. The van der Waals surface area contributed by atoms with Crippen molar-refractivity contribution in [1.82, 2.24) is 5.32 Å². The fraction of sp³-hybridized carbons (Fsp3) is 0.500. The molecule has 1 rings (SSSR count). The number of nitrogens with two attached hydrogens (primary N) is 1. The van der Waals surface area contributed by atoms with Gasteiger partial charge in [-0.25, -0.2) is 0 Å². The van der Waals surface area contributed by atoms with E-state index in [9.17, 15) is 4.79 Å². The van der Waals surface area contributed by atoms with Crippen molar-refractivity contribution >= 4 is 23.4 Å². The molecule has 1 unspecified atom stereocenters. The van der Waals surface area contributed by atoms with E-state index >= 15 is 0 Å². The van der Waals surface area contributed by atoms with Crippen molar-refractivity contribution in [1.29, 1.82) is 0 Å². The summed E-state index contributed by atoms with van der Waals surface area (Å²) in [4.78, 5) is 11.7. The maximum absolute atomic E-state index is 11.7. The molecule has 0 saturated carbocycles. The summed E-state index contributed by atoms with van der Waals surface area (Å²) in [6.07, 6.45) is 1.20. The van der Waals surface area contributed by atoms with Gasteiger partial charge in [-0.3, -0.25) is 4.79 Å². The van der Waals surface area contributed by atoms with Crippen LogP contribution in [0.25, 0.3) is 0 Å². The first-order chi connectivity index (χ1) is 8.63. The highest BCUT2D eigenvalue weighted by Gasteiger charge is 2.08. The summed E-state index contributed by atoms with van der Waals surface area (Å²) < 4.78 is 0. The largest absolute Gasteiger partial charge is 0.399 e. The Bertz CT molecular complexity index is 382. The summed E-state index contributed by atoms with van der Waals surface area (Å²) >= 11 is 1.84. The zero-order valence-electron chi connectivity index (χ0n) is 11.1. The van der Waals surface area contributed by atoms with Gasteiger partial charge in [-0.05, 0) is 30.7 Å². The predicted molar refractivity (Wildman–Crippen MR) is 79.8 cm³/mol. The normalized spacial score (nSPS) is 12.1. The van der Waals surface area contributed by atoms with Gasteiger partial charge in [0.25, 0.3) is 0 Å². The Labute approximate surface area is 114 Å². The molecule has 0 radical (unpaired) electrons. The van der Waals surface area contributed by atoms with Crippen molar-refractivity contribution in [2.75, 3.05) is 17.2 Å². The van der Waals surface area contributed by atoms with Crippen LogP contribution in [-0.4, -0.2) is 23.5 Å². The third-order valence-electron chi connectivity index (χ3n) is 2.66. The lowest BCUT2D eigenvalue weighted by molar-refractivity contribution is -0.121. The number of thioether (sulfide) groups is 1. The van der Waals surface area contributed by atoms with Crippen molar-refractivity contribution in [3.63, 3.8) is 0 Å². The Balaban J connectivity index is 2.31. The maximum Gasteiger partial charge on any atom is 0.220 e. The van der Waals surface area contributed by atoms with Gasteiger partial charge in [0.05, 0.1) is 0 Å². The molecular weight excluding hydrogens is 244 g/mol. The van der Waals surface area contributed by atoms with Gasteiger partial charge >= 0.3 is 0 Å². The van der Waals surface area contributed by atoms with E-state index in [-0.39, 0.29) is 11.9 Å². The fourth-order valence-electron chi connectivity index (χ4n) is 1.69. The van der Waals surface area contributed by atoms with Gasteiger partial charge in [-0.2, -0.15) is 11.8 Å². The van der Waals surface area contributed by atoms with Crippen LogP contribution in [0.1, 0.15) is 25.8 Å². The molecule has 0 heterocycles. The average molecular weight is 266 g/mol. The van der Waals surface area contributed by atoms with Gasteiger partial charge in [0.15, 0.2) is 0 Å². The minimum absolute atomic E-state index is 0.0995. The number of carbonyl (C=O) groups is 1. The molecule has 0 aliphatic heterocycles. The number of para-hydroxylation sites is 1. The molecule has 3 N–H and O–H groups in total. The van der Waals surface area contributed by atoms with Crippen LogP contribution in [0.5, 0.6) is 0 Å². The quantitative estimate of drug-likeness (QED) is 0.745. The third-order valence-corrected chi connectivity index (χ3v) is 3.80. The Morgan fingerprint density at radius 1 is 1.44 bits per heavy atom. The summed E-state index contributed by atoms with van der Waals surface area (Å²) in [6.45, 7) is 4.16. The maximum atomic E-state index is 11.7. The fourth-order valence-corrected chi connectivity index (χ4v) is 2.37. The zero-order valence-corrected chi connectivity index (χ0v) is 11.9. The number of amides is 1. The number of benzene rings is 1. The van der Waals surface area contributed by atoms with Gasteiger partial charge in [0.1, 0.15) is 0 Å². The minimum atomic E-state index is 0.0995. The first-order valence-electron chi connectivity index (χ1n) is 6.34. The number of nitrogen functional groups attached to an aromatic ring is 1. The molecule has 1 amide bonds. The van der Waals surface area contributed by atoms with Gasteiger partial charge in [0.2, 0.25) is 5.91 Å². The number of nitrogens with one attached hydrogen (secondary N) is 1. The Hall–Kier alpha value is -1.16. The third kappa shape index (κ3) is 5.45. The molecule has 3 nitrogen and oxygen atoms in total. The van der Waals surface area contributed by atoms with Crippen molar-refractivity contribution in [3.05, 3.63) is 29.8 Å². The number of anilines is 1. The van der Waals surface area contributed by atoms with Crippen LogP contribution in [0.3, 0.4) is 0 Å². The molecule has 0 fully saturated rings. The molecule has 0 aliphatic rings. The van der Waals surface area contributed by atoms with Crippen LogP contribution >= 0.6 is 11.8 Å². The summed E-state index contributed by atoms with van der Waals surface area (Å²) in [7, 11) is 0. The Kier molecular flexibility index (Phi) is 6.65. The van der Waals surface area contributed by atoms with Gasteiger partial charge in [0, 0.05) is 23.9 Å². The molecule has 0 aromatic heterocycles. The van der Waals surface area contributed by atoms with Crippen molar-refractivity contribution in [2.24, 2.45) is 0 Å². The lowest BCUT2D eigenvalue weighted by Crippen LogP contribution is -2.34. The van der Waals surface area contributed by atoms with E-state index in [0.29, 0.717) is 12.8 Å². The van der Waals surface area contributed by atoms with Crippen LogP contribution in [0, 0.1) is 0 Å². The lowest BCUT2D eigenvalue weighted by Gasteiger charge is -2.13. The number of hydrogen-bond donors (Lipinski definition) is 2. The van der Waals surface area contributed by atoms with E-state index in [2.05, 4.69) is 12.2 Å². The van der Waals surface area contributed by atoms with Crippen molar-refractivity contribution in [3.8, 4) is 0 Å². The molecule has 1 aromatic carbocycles. The molecule has 0 aliphatic carbocycles. The van der Waals surface area contributed by atoms with E-state index in [1.54, 1.807) is 0 Å². The smallest absolute Gasteiger partial charge is 0.220 e. The topological polar surface area (TPSA) is 55.1 Å². The monoisotopic (exact) mass is 266 g/mol. The molecule has 1 atom stereocenters. The summed E-state index contributed by atoms with van der Waals surface area (Å²) in [5.74, 6) is 2.15. The van der Waals surface area contributed by atoms with Crippen LogP contribution < -0.4 is 11.1 Å². The SMILES string of the molecule is CCSCC(C)NC(=O)CCc1ccccc1N. The Morgan fingerprint density at radius 2 is 2.17 bits per heavy atom. The first-order valence-corrected chi connectivity index (χ1v) is 7.49. The summed E-state index contributed by atoms with van der Waals surface area (Å²) in [5.41, 5.74) is 7.65. The molecule has 0 bridgehead atoms. The highest BCUT2D eigenvalue weighted by atomic mass is 32.2. The molecule has 1 aromatic rings. The van der Waals surface area contributed by atoms with Crippen LogP contribution in [0.2, 0.25) is 0 Å². The summed E-state index contributed by atoms with van der Waals surface area (Å²) in [6, 6.07) is 7.93. The molecule has 4 heteroatoms. The second-order valence-corrected chi connectivity index (χ2v) is 5.65. The van der Waals surface area contributed by atoms with Gasteiger partial charge in [-0.1, -0.05) is 25.1 Å². The highest BCUT2D eigenvalue weighted by Crippen LogP contribution is 2.12. The second-order valence-electron chi connectivity index (χ2n) is 4.33. The molecule has 0 saturated heterocycles. The molecule has 100 valence electrons. The Morgan fingerprint density at radius 3 is 2.83 bits per heavy atom. The number of rotatable bonds is 7. The van der Waals surface area contributed by atoms with Gasteiger partial charge in [-0.15, -0.1) is 0 Å². The molecule has 18 heavy (non-hydrogen) atoms. The average Bonchev–Trinajstić information content (AvgIpc) is 2.35. The van der Waals surface area contributed by atoms with E-state index in [0.717, 1.165) is 22.8 Å². The van der Waals surface area contributed by atoms with Crippen molar-refractivity contribution in [2.45, 2.75) is 32.7 Å². The van der Waals surface area contributed by atoms with E-state index in [1.807, 2.05) is 43.0 Å². The summed E-state index contributed by atoms with van der Waals surface area (Å²) in [5, 5.41) is 3.00. The van der Waals surface area contributed by atoms with Crippen molar-refractivity contribution < 1.29 is 4.79 Å². The molecule has 0 spiro atoms. The van der Waals surface area contributed by atoms with Gasteiger partial charge < -0.3 is 11.1 Å². The van der Waals surface area contributed by atoms with Crippen LogP contribution in [0.4, 0.5) is 5.69 Å². The second kappa shape index (κ2) is 8.03. The standard InChI is InChI=1S/C14H22N2OS/c1-3-18-10-11(2)16-14(17)9-8-12-6-4-5-7-13(12)15/h4-7,11H,3,8-10,15H2,1-2H3,(H,16,17). The zero-order chi connectivity index (χ0) is 13.4. The van der Waals surface area contributed by atoms with Crippen LogP contribution in [-0.2, 0) is 11.2 Å². The minimum Gasteiger partial charge on any atom is -0.399 e. The number of hydrogen-bond acceptors (Lipinski definition) is 3. The van der Waals surface area contributed by atoms with Crippen LogP contribution in [0.15, 0.2) is 24.3 Å². The van der Waals surface area contributed by atoms with E-state index < -0.39 is 0 Å². The predicted octanol–water partition coefficient (Wildman–Crippen LogP) is 2.46. The lowest BCUT2D eigenvalue weighted by atomic mass is 10.1. The first kappa shape index (κ1) is 14.9.